The molecule has 110 valence electrons. The van der Waals surface area contributed by atoms with Crippen LogP contribution >= 0.6 is 0 Å². The predicted molar refractivity (Wildman–Crippen MR) is 84.4 cm³/mol. The Hall–Kier alpha value is -1.11. The molecule has 2 unspecified atom stereocenters. The van der Waals surface area contributed by atoms with Crippen molar-refractivity contribution in [1.29, 1.82) is 0 Å². The summed E-state index contributed by atoms with van der Waals surface area (Å²) in [6.45, 7) is 4.42. The van der Waals surface area contributed by atoms with E-state index in [-0.39, 0.29) is 5.82 Å². The van der Waals surface area contributed by atoms with Gasteiger partial charge in [-0.05, 0) is 67.6 Å². The van der Waals surface area contributed by atoms with Gasteiger partial charge in [0.05, 0.1) is 0 Å². The zero-order valence-electron chi connectivity index (χ0n) is 12.9. The van der Waals surface area contributed by atoms with Gasteiger partial charge in [0.25, 0.3) is 0 Å². The fourth-order valence-corrected chi connectivity index (χ4v) is 2.93. The minimum Gasteiger partial charge on any atom is -0.207 e. The third-order valence-electron chi connectivity index (χ3n) is 4.43. The molecule has 0 N–H and O–H groups in total. The molecule has 0 radical (unpaired) electrons. The number of unbranched alkanes of at least 4 members (excludes halogenated alkanes) is 1. The van der Waals surface area contributed by atoms with Gasteiger partial charge in [-0.1, -0.05) is 44.6 Å². The molecule has 20 heavy (non-hydrogen) atoms. The number of allylic oxidation sites excluding steroid dienone is 2. The molecular formula is C19H27F. The molecule has 1 aliphatic rings. The maximum absolute atomic E-state index is 14.0. The maximum Gasteiger partial charge on any atom is 0.126 e. The minimum atomic E-state index is -0.0104. The molecule has 0 fully saturated rings. The first-order valence-corrected chi connectivity index (χ1v) is 8.14. The van der Waals surface area contributed by atoms with Crippen LogP contribution in [0.3, 0.4) is 0 Å². The van der Waals surface area contributed by atoms with Crippen molar-refractivity contribution in [2.45, 2.75) is 58.8 Å². The molecule has 1 heteroatoms. The molecule has 0 aromatic heterocycles. The predicted octanol–water partition coefficient (Wildman–Crippen LogP) is 5.70. The van der Waals surface area contributed by atoms with E-state index in [1.54, 1.807) is 6.07 Å². The highest BCUT2D eigenvalue weighted by atomic mass is 19.1. The Morgan fingerprint density at radius 2 is 2.00 bits per heavy atom. The average Bonchev–Trinajstić information content (AvgIpc) is 2.46. The lowest BCUT2D eigenvalue weighted by Gasteiger charge is -2.20. The van der Waals surface area contributed by atoms with Crippen molar-refractivity contribution in [3.63, 3.8) is 0 Å². The molecule has 0 saturated heterocycles. The third kappa shape index (κ3) is 4.47. The molecule has 2 atom stereocenters. The molecule has 0 saturated carbocycles. The largest absolute Gasteiger partial charge is 0.207 e. The van der Waals surface area contributed by atoms with Crippen molar-refractivity contribution in [1.82, 2.24) is 0 Å². The van der Waals surface area contributed by atoms with E-state index in [4.69, 9.17) is 0 Å². The second-order valence-electron chi connectivity index (χ2n) is 6.27. The van der Waals surface area contributed by atoms with E-state index in [0.29, 0.717) is 5.92 Å². The van der Waals surface area contributed by atoms with Crippen LogP contribution in [0.4, 0.5) is 4.39 Å². The topological polar surface area (TPSA) is 0 Å². The Morgan fingerprint density at radius 1 is 1.15 bits per heavy atom. The van der Waals surface area contributed by atoms with Gasteiger partial charge in [-0.2, -0.15) is 0 Å². The normalized spacial score (nSPS) is 22.1. The quantitative estimate of drug-likeness (QED) is 0.583. The maximum atomic E-state index is 14.0. The SMILES string of the molecule is CCCCc1ccc(CCC2C=CC(C)CC2)cc1F. The van der Waals surface area contributed by atoms with Crippen LogP contribution in [0.1, 0.15) is 57.1 Å². The smallest absolute Gasteiger partial charge is 0.126 e. The molecule has 0 spiro atoms. The van der Waals surface area contributed by atoms with Gasteiger partial charge in [-0.3, -0.25) is 0 Å². The van der Waals surface area contributed by atoms with Crippen LogP contribution in [0.25, 0.3) is 0 Å². The number of hydrogen-bond donors (Lipinski definition) is 0. The van der Waals surface area contributed by atoms with Crippen LogP contribution < -0.4 is 0 Å². The Morgan fingerprint density at radius 3 is 2.65 bits per heavy atom. The fraction of sp³-hybridized carbons (Fsp3) is 0.579. The summed E-state index contributed by atoms with van der Waals surface area (Å²) in [4.78, 5) is 0. The number of benzene rings is 1. The number of halogens is 1. The Kier molecular flexibility index (Phi) is 5.82. The summed E-state index contributed by atoms with van der Waals surface area (Å²) < 4.78 is 14.0. The van der Waals surface area contributed by atoms with Gasteiger partial charge < -0.3 is 0 Å². The molecule has 0 heterocycles. The molecule has 1 aliphatic carbocycles. The van der Waals surface area contributed by atoms with Crippen LogP contribution in [0, 0.1) is 17.7 Å². The lowest BCUT2D eigenvalue weighted by atomic mass is 9.86. The van der Waals surface area contributed by atoms with Crippen molar-refractivity contribution in [3.8, 4) is 0 Å². The molecule has 2 rings (SSSR count). The molecule has 0 aliphatic heterocycles. The van der Waals surface area contributed by atoms with Crippen LogP contribution in [0.5, 0.6) is 0 Å². The molecule has 0 bridgehead atoms. The zero-order chi connectivity index (χ0) is 14.4. The first-order chi connectivity index (χ1) is 9.69. The van der Waals surface area contributed by atoms with Crippen molar-refractivity contribution >= 4 is 0 Å². The first-order valence-electron chi connectivity index (χ1n) is 8.14. The highest BCUT2D eigenvalue weighted by molar-refractivity contribution is 5.25. The van der Waals surface area contributed by atoms with Gasteiger partial charge in [-0.15, -0.1) is 0 Å². The minimum absolute atomic E-state index is 0.0104. The summed E-state index contributed by atoms with van der Waals surface area (Å²) >= 11 is 0. The van der Waals surface area contributed by atoms with Gasteiger partial charge in [0.1, 0.15) is 5.82 Å². The van der Waals surface area contributed by atoms with E-state index in [0.717, 1.165) is 49.1 Å². The summed E-state index contributed by atoms with van der Waals surface area (Å²) in [5.74, 6) is 1.42. The van der Waals surface area contributed by atoms with Crippen molar-refractivity contribution < 1.29 is 4.39 Å². The zero-order valence-corrected chi connectivity index (χ0v) is 12.9. The first kappa shape index (κ1) is 15.3. The standard InChI is InChI=1S/C19H27F/c1-3-4-5-18-13-12-17(14-19(18)20)11-10-16-8-6-15(2)7-9-16/h6,8,12-16H,3-5,7,9-11H2,1-2H3. The number of hydrogen-bond acceptors (Lipinski definition) is 0. The van der Waals surface area contributed by atoms with Crippen molar-refractivity contribution in [2.24, 2.45) is 11.8 Å². The van der Waals surface area contributed by atoms with Gasteiger partial charge in [0.15, 0.2) is 0 Å². The van der Waals surface area contributed by atoms with E-state index in [9.17, 15) is 4.39 Å². The van der Waals surface area contributed by atoms with Crippen LogP contribution in [0.2, 0.25) is 0 Å². The van der Waals surface area contributed by atoms with Crippen LogP contribution in [0.15, 0.2) is 30.4 Å². The van der Waals surface area contributed by atoms with Crippen molar-refractivity contribution in [3.05, 3.63) is 47.3 Å². The Balaban J connectivity index is 1.87. The molecule has 0 nitrogen and oxygen atoms in total. The summed E-state index contributed by atoms with van der Waals surface area (Å²) in [6, 6.07) is 5.85. The second kappa shape index (κ2) is 7.61. The number of rotatable bonds is 6. The van der Waals surface area contributed by atoms with E-state index in [1.165, 1.54) is 12.8 Å². The summed E-state index contributed by atoms with van der Waals surface area (Å²) in [5.41, 5.74) is 2.02. The van der Waals surface area contributed by atoms with Gasteiger partial charge in [-0.25, -0.2) is 4.39 Å². The highest BCUT2D eigenvalue weighted by Crippen LogP contribution is 2.25. The van der Waals surface area contributed by atoms with E-state index < -0.39 is 0 Å². The molecule has 1 aromatic carbocycles. The highest BCUT2D eigenvalue weighted by Gasteiger charge is 2.13. The Bertz CT molecular complexity index is 447. The van der Waals surface area contributed by atoms with Gasteiger partial charge >= 0.3 is 0 Å². The van der Waals surface area contributed by atoms with Gasteiger partial charge in [0.2, 0.25) is 0 Å². The summed E-state index contributed by atoms with van der Waals surface area (Å²) in [5, 5.41) is 0. The molecule has 0 amide bonds. The molecule has 1 aromatic rings. The second-order valence-corrected chi connectivity index (χ2v) is 6.27. The summed E-state index contributed by atoms with van der Waals surface area (Å²) in [7, 11) is 0. The number of aryl methyl sites for hydroxylation is 2. The summed E-state index contributed by atoms with van der Waals surface area (Å²) in [6.07, 6.45) is 12.5. The Labute approximate surface area is 123 Å². The van der Waals surface area contributed by atoms with E-state index >= 15 is 0 Å². The van der Waals surface area contributed by atoms with E-state index in [2.05, 4.69) is 32.1 Å². The van der Waals surface area contributed by atoms with Gasteiger partial charge in [0, 0.05) is 0 Å². The third-order valence-corrected chi connectivity index (χ3v) is 4.43. The fourth-order valence-electron chi connectivity index (χ4n) is 2.93. The van der Waals surface area contributed by atoms with Crippen LogP contribution in [-0.2, 0) is 12.8 Å². The van der Waals surface area contributed by atoms with Crippen LogP contribution in [-0.4, -0.2) is 0 Å². The lowest BCUT2D eigenvalue weighted by molar-refractivity contribution is 0.453. The van der Waals surface area contributed by atoms with Crippen molar-refractivity contribution in [2.75, 3.05) is 0 Å². The average molecular weight is 274 g/mol. The molecular weight excluding hydrogens is 247 g/mol. The van der Waals surface area contributed by atoms with E-state index in [1.807, 2.05) is 6.07 Å². The lowest BCUT2D eigenvalue weighted by Crippen LogP contribution is -2.07. The monoisotopic (exact) mass is 274 g/mol.